The SMILES string of the molecule is OB(O)c1ccc2nn(-c3ccc(O)cc3Cl)cc2c1. The Morgan fingerprint density at radius 1 is 1.10 bits per heavy atom. The van der Waals surface area contributed by atoms with Crippen molar-refractivity contribution < 1.29 is 15.2 Å². The molecule has 0 aliphatic rings. The molecule has 0 spiro atoms. The van der Waals surface area contributed by atoms with E-state index in [2.05, 4.69) is 5.10 Å². The third-order valence-electron chi connectivity index (χ3n) is 3.00. The third-order valence-corrected chi connectivity index (χ3v) is 3.31. The monoisotopic (exact) mass is 288 g/mol. The molecule has 0 saturated heterocycles. The molecule has 20 heavy (non-hydrogen) atoms. The summed E-state index contributed by atoms with van der Waals surface area (Å²) in [6, 6.07) is 9.57. The van der Waals surface area contributed by atoms with E-state index in [1.165, 1.54) is 12.1 Å². The van der Waals surface area contributed by atoms with Crippen molar-refractivity contribution in [2.75, 3.05) is 0 Å². The molecule has 0 atom stereocenters. The first kappa shape index (κ1) is 13.0. The Morgan fingerprint density at radius 2 is 1.90 bits per heavy atom. The highest BCUT2D eigenvalue weighted by molar-refractivity contribution is 6.58. The molecule has 100 valence electrons. The molecule has 3 N–H and O–H groups in total. The summed E-state index contributed by atoms with van der Waals surface area (Å²) >= 11 is 6.07. The van der Waals surface area contributed by atoms with Crippen molar-refractivity contribution in [2.45, 2.75) is 0 Å². The van der Waals surface area contributed by atoms with E-state index in [0.717, 1.165) is 5.39 Å². The molecule has 2 aromatic carbocycles. The van der Waals surface area contributed by atoms with Crippen molar-refractivity contribution in [1.82, 2.24) is 9.78 Å². The van der Waals surface area contributed by atoms with Gasteiger partial charge in [0.2, 0.25) is 0 Å². The highest BCUT2D eigenvalue weighted by Gasteiger charge is 2.13. The van der Waals surface area contributed by atoms with Crippen LogP contribution in [0.2, 0.25) is 5.02 Å². The fraction of sp³-hybridized carbons (Fsp3) is 0. The summed E-state index contributed by atoms with van der Waals surface area (Å²) in [7, 11) is -1.51. The standard InChI is InChI=1S/C13H10BClN2O3/c15-11-6-10(18)2-4-13(11)17-7-8-5-9(14(19)20)1-3-12(8)16-17/h1-7,18-20H. The van der Waals surface area contributed by atoms with Crippen LogP contribution in [-0.2, 0) is 0 Å². The number of aromatic hydroxyl groups is 1. The quantitative estimate of drug-likeness (QED) is 0.616. The van der Waals surface area contributed by atoms with E-state index in [-0.39, 0.29) is 5.75 Å². The summed E-state index contributed by atoms with van der Waals surface area (Å²) < 4.78 is 1.58. The van der Waals surface area contributed by atoms with Crippen LogP contribution in [0.4, 0.5) is 0 Å². The molecule has 0 aliphatic heterocycles. The lowest BCUT2D eigenvalue weighted by atomic mass is 9.80. The Bertz CT molecular complexity index is 788. The molecule has 0 fully saturated rings. The van der Waals surface area contributed by atoms with Gasteiger partial charge in [0.25, 0.3) is 0 Å². The van der Waals surface area contributed by atoms with Crippen LogP contribution in [0.5, 0.6) is 5.75 Å². The Balaban J connectivity index is 2.13. The smallest absolute Gasteiger partial charge is 0.488 e. The molecule has 5 nitrogen and oxygen atoms in total. The van der Waals surface area contributed by atoms with Crippen LogP contribution in [0.3, 0.4) is 0 Å². The Kier molecular flexibility index (Phi) is 3.14. The van der Waals surface area contributed by atoms with E-state index in [1.54, 1.807) is 35.1 Å². The van der Waals surface area contributed by atoms with E-state index < -0.39 is 7.12 Å². The minimum atomic E-state index is -1.51. The molecular formula is C13H10BClN2O3. The average molecular weight is 288 g/mol. The first-order valence-corrected chi connectivity index (χ1v) is 6.27. The van der Waals surface area contributed by atoms with Crippen molar-refractivity contribution in [3.8, 4) is 11.4 Å². The summed E-state index contributed by atoms with van der Waals surface area (Å²) in [6.07, 6.45) is 1.74. The van der Waals surface area contributed by atoms with Crippen molar-refractivity contribution in [3.05, 3.63) is 47.6 Å². The zero-order chi connectivity index (χ0) is 14.3. The Morgan fingerprint density at radius 3 is 2.60 bits per heavy atom. The average Bonchev–Trinajstić information content (AvgIpc) is 2.80. The lowest BCUT2D eigenvalue weighted by molar-refractivity contribution is 0.426. The maximum absolute atomic E-state index is 9.35. The van der Waals surface area contributed by atoms with Gasteiger partial charge >= 0.3 is 7.12 Å². The summed E-state index contributed by atoms with van der Waals surface area (Å²) in [5.74, 6) is 0.0844. The number of nitrogens with zero attached hydrogens (tertiary/aromatic N) is 2. The van der Waals surface area contributed by atoms with E-state index in [9.17, 15) is 5.11 Å². The van der Waals surface area contributed by atoms with E-state index in [1.807, 2.05) is 0 Å². The fourth-order valence-corrected chi connectivity index (χ4v) is 2.27. The fourth-order valence-electron chi connectivity index (χ4n) is 2.01. The van der Waals surface area contributed by atoms with Gasteiger partial charge in [-0.25, -0.2) is 4.68 Å². The van der Waals surface area contributed by atoms with Crippen LogP contribution in [0.15, 0.2) is 42.6 Å². The third kappa shape index (κ3) is 2.25. The van der Waals surface area contributed by atoms with E-state index in [4.69, 9.17) is 21.6 Å². The molecule has 0 aliphatic carbocycles. The lowest BCUT2D eigenvalue weighted by Gasteiger charge is -2.03. The van der Waals surface area contributed by atoms with Crippen molar-refractivity contribution in [1.29, 1.82) is 0 Å². The molecule has 3 rings (SSSR count). The first-order valence-electron chi connectivity index (χ1n) is 5.89. The summed E-state index contributed by atoms with van der Waals surface area (Å²) in [5.41, 5.74) is 1.74. The zero-order valence-corrected chi connectivity index (χ0v) is 11.0. The Hall–Kier alpha value is -2.02. The topological polar surface area (TPSA) is 78.5 Å². The molecule has 1 aromatic heterocycles. The van der Waals surface area contributed by atoms with Crippen molar-refractivity contribution >= 4 is 35.1 Å². The predicted molar refractivity (Wildman–Crippen MR) is 77.6 cm³/mol. The van der Waals surface area contributed by atoms with Gasteiger partial charge in [0, 0.05) is 17.6 Å². The normalized spacial score (nSPS) is 10.9. The van der Waals surface area contributed by atoms with E-state index in [0.29, 0.717) is 21.7 Å². The zero-order valence-electron chi connectivity index (χ0n) is 10.2. The number of hydrogen-bond donors (Lipinski definition) is 3. The highest BCUT2D eigenvalue weighted by Crippen LogP contribution is 2.25. The van der Waals surface area contributed by atoms with Crippen molar-refractivity contribution in [3.63, 3.8) is 0 Å². The number of aromatic nitrogens is 2. The molecule has 1 heterocycles. The maximum Gasteiger partial charge on any atom is 0.488 e. The number of phenolic OH excluding ortho intramolecular Hbond substituents is 1. The predicted octanol–water partition coefficient (Wildman–Crippen LogP) is 1.06. The molecule has 0 saturated carbocycles. The van der Waals surface area contributed by atoms with Crippen molar-refractivity contribution in [2.24, 2.45) is 0 Å². The molecule has 0 unspecified atom stereocenters. The van der Waals surface area contributed by atoms with Crippen LogP contribution >= 0.6 is 11.6 Å². The molecule has 7 heteroatoms. The number of phenols is 1. The van der Waals surface area contributed by atoms with Gasteiger partial charge in [-0.2, -0.15) is 5.10 Å². The van der Waals surface area contributed by atoms with Crippen LogP contribution in [0.25, 0.3) is 16.6 Å². The summed E-state index contributed by atoms with van der Waals surface area (Å²) in [5, 5.41) is 33.2. The molecular weight excluding hydrogens is 278 g/mol. The van der Waals surface area contributed by atoms with E-state index >= 15 is 0 Å². The largest absolute Gasteiger partial charge is 0.508 e. The number of fused-ring (bicyclic) bond motifs is 1. The molecule has 0 amide bonds. The van der Waals surface area contributed by atoms with Gasteiger partial charge in [0.05, 0.1) is 16.2 Å². The summed E-state index contributed by atoms with van der Waals surface area (Å²) in [6.45, 7) is 0. The van der Waals surface area contributed by atoms with Crippen LogP contribution in [0.1, 0.15) is 0 Å². The second-order valence-corrected chi connectivity index (χ2v) is 4.81. The maximum atomic E-state index is 9.35. The number of rotatable bonds is 2. The minimum Gasteiger partial charge on any atom is -0.508 e. The van der Waals surface area contributed by atoms with Crippen LogP contribution in [-0.4, -0.2) is 32.1 Å². The van der Waals surface area contributed by atoms with Crippen LogP contribution in [0, 0.1) is 0 Å². The van der Waals surface area contributed by atoms with Gasteiger partial charge in [0.1, 0.15) is 5.75 Å². The van der Waals surface area contributed by atoms with Crippen LogP contribution < -0.4 is 5.46 Å². The minimum absolute atomic E-state index is 0.0844. The first-order chi connectivity index (χ1) is 9.54. The highest BCUT2D eigenvalue weighted by atomic mass is 35.5. The number of halogens is 1. The van der Waals surface area contributed by atoms with Gasteiger partial charge in [-0.3, -0.25) is 0 Å². The second-order valence-electron chi connectivity index (χ2n) is 4.40. The number of hydrogen-bond acceptors (Lipinski definition) is 4. The number of benzene rings is 2. The van der Waals surface area contributed by atoms with Gasteiger partial charge in [-0.1, -0.05) is 23.7 Å². The van der Waals surface area contributed by atoms with Gasteiger partial charge in [-0.15, -0.1) is 0 Å². The second kappa shape index (κ2) is 4.83. The Labute approximate surface area is 119 Å². The molecule has 3 aromatic rings. The lowest BCUT2D eigenvalue weighted by Crippen LogP contribution is -2.29. The molecule has 0 radical (unpaired) electrons. The summed E-state index contributed by atoms with van der Waals surface area (Å²) in [4.78, 5) is 0. The van der Waals surface area contributed by atoms with Gasteiger partial charge < -0.3 is 15.2 Å². The van der Waals surface area contributed by atoms with Gasteiger partial charge in [0.15, 0.2) is 0 Å². The van der Waals surface area contributed by atoms with Gasteiger partial charge in [-0.05, 0) is 23.7 Å². The molecule has 0 bridgehead atoms.